The molecule has 6 nitrogen and oxygen atoms in total. The van der Waals surface area contributed by atoms with E-state index in [0.29, 0.717) is 18.9 Å². The van der Waals surface area contributed by atoms with Crippen molar-refractivity contribution >= 4 is 5.91 Å². The van der Waals surface area contributed by atoms with E-state index in [0.717, 1.165) is 30.5 Å². The molecule has 1 aromatic rings. The summed E-state index contributed by atoms with van der Waals surface area (Å²) in [4.78, 5) is 12.6. The molecule has 0 atom stereocenters. The molecule has 1 fully saturated rings. The Morgan fingerprint density at radius 1 is 1.27 bits per heavy atom. The van der Waals surface area contributed by atoms with Crippen LogP contribution < -0.4 is 10.6 Å². The van der Waals surface area contributed by atoms with E-state index in [1.165, 1.54) is 0 Å². The summed E-state index contributed by atoms with van der Waals surface area (Å²) in [6.07, 6.45) is 2.61. The van der Waals surface area contributed by atoms with Crippen LogP contribution in [-0.4, -0.2) is 39.8 Å². The smallest absolute Gasteiger partial charge is 0.272 e. The van der Waals surface area contributed by atoms with Crippen LogP contribution in [0.4, 0.5) is 0 Å². The molecule has 1 saturated heterocycles. The number of hydrogen-bond donors (Lipinski definition) is 3. The number of nitrogens with one attached hydrogen (secondary N) is 3. The summed E-state index contributed by atoms with van der Waals surface area (Å²) < 4.78 is 5.45. The molecule has 122 valence electrons. The third kappa shape index (κ3) is 3.17. The van der Waals surface area contributed by atoms with Gasteiger partial charge in [-0.1, -0.05) is 0 Å². The Labute approximate surface area is 131 Å². The average Bonchev–Trinajstić information content (AvgIpc) is 2.78. The van der Waals surface area contributed by atoms with Gasteiger partial charge in [-0.3, -0.25) is 9.89 Å². The molecular weight excluding hydrogens is 280 g/mol. The number of amides is 1. The molecule has 3 heterocycles. The lowest BCUT2D eigenvalue weighted by molar-refractivity contribution is 0.0851. The van der Waals surface area contributed by atoms with Crippen molar-refractivity contribution in [2.45, 2.75) is 70.7 Å². The molecule has 0 aromatic carbocycles. The zero-order valence-corrected chi connectivity index (χ0v) is 13.9. The van der Waals surface area contributed by atoms with E-state index < -0.39 is 0 Å². The van der Waals surface area contributed by atoms with Crippen LogP contribution in [0.2, 0.25) is 0 Å². The van der Waals surface area contributed by atoms with Crippen molar-refractivity contribution in [3.63, 3.8) is 0 Å². The number of fused-ring (bicyclic) bond motifs is 1. The SMILES string of the molecule is CC1(C)CC(NC(=O)c2n[nH]c3c2COCC3)CC(C)(C)N1. The number of nitrogens with zero attached hydrogens (tertiary/aromatic N) is 1. The minimum Gasteiger partial charge on any atom is -0.376 e. The highest BCUT2D eigenvalue weighted by molar-refractivity contribution is 5.94. The Balaban J connectivity index is 1.73. The summed E-state index contributed by atoms with van der Waals surface area (Å²) in [5.74, 6) is -0.0958. The van der Waals surface area contributed by atoms with Crippen molar-refractivity contribution < 1.29 is 9.53 Å². The molecule has 0 unspecified atom stereocenters. The Bertz CT molecular complexity index is 561. The number of rotatable bonds is 2. The van der Waals surface area contributed by atoms with Crippen LogP contribution in [0, 0.1) is 0 Å². The molecule has 0 saturated carbocycles. The molecule has 0 spiro atoms. The van der Waals surface area contributed by atoms with Gasteiger partial charge in [0, 0.05) is 34.8 Å². The molecule has 1 aromatic heterocycles. The molecule has 0 bridgehead atoms. The van der Waals surface area contributed by atoms with Gasteiger partial charge in [0.25, 0.3) is 5.91 Å². The number of carbonyl (C=O) groups is 1. The van der Waals surface area contributed by atoms with E-state index in [9.17, 15) is 4.79 Å². The van der Waals surface area contributed by atoms with Crippen molar-refractivity contribution in [1.82, 2.24) is 20.8 Å². The quantitative estimate of drug-likeness (QED) is 0.774. The molecule has 0 aliphatic carbocycles. The molecule has 22 heavy (non-hydrogen) atoms. The van der Waals surface area contributed by atoms with Gasteiger partial charge >= 0.3 is 0 Å². The topological polar surface area (TPSA) is 79.0 Å². The first-order valence-electron chi connectivity index (χ1n) is 8.00. The van der Waals surface area contributed by atoms with Crippen LogP contribution in [0.15, 0.2) is 0 Å². The Morgan fingerprint density at radius 2 is 1.95 bits per heavy atom. The summed E-state index contributed by atoms with van der Waals surface area (Å²) in [7, 11) is 0. The normalized spacial score (nSPS) is 23.8. The van der Waals surface area contributed by atoms with Gasteiger partial charge in [0.1, 0.15) is 0 Å². The molecular formula is C16H26N4O2. The molecule has 3 N–H and O–H groups in total. The molecule has 1 amide bonds. The highest BCUT2D eigenvalue weighted by Gasteiger charge is 2.38. The minimum absolute atomic E-state index is 0.00775. The Hall–Kier alpha value is -1.40. The fourth-order valence-electron chi connectivity index (χ4n) is 3.98. The summed E-state index contributed by atoms with van der Waals surface area (Å²) in [6, 6.07) is 0.149. The highest BCUT2D eigenvalue weighted by atomic mass is 16.5. The third-order valence-corrected chi connectivity index (χ3v) is 4.44. The van der Waals surface area contributed by atoms with Gasteiger partial charge in [-0.15, -0.1) is 0 Å². The maximum Gasteiger partial charge on any atom is 0.272 e. The van der Waals surface area contributed by atoms with E-state index in [-0.39, 0.29) is 23.0 Å². The van der Waals surface area contributed by atoms with Crippen LogP contribution in [-0.2, 0) is 17.8 Å². The predicted octanol–water partition coefficient (Wildman–Crippen LogP) is 1.52. The highest BCUT2D eigenvalue weighted by Crippen LogP contribution is 2.29. The van der Waals surface area contributed by atoms with Crippen molar-refractivity contribution in [2.75, 3.05) is 6.61 Å². The molecule has 2 aliphatic heterocycles. The van der Waals surface area contributed by atoms with Crippen LogP contribution in [0.1, 0.15) is 62.3 Å². The minimum atomic E-state index is -0.0958. The van der Waals surface area contributed by atoms with Gasteiger partial charge < -0.3 is 15.4 Å². The van der Waals surface area contributed by atoms with Crippen LogP contribution in [0.25, 0.3) is 0 Å². The zero-order valence-electron chi connectivity index (χ0n) is 13.9. The van der Waals surface area contributed by atoms with Crippen LogP contribution >= 0.6 is 0 Å². The standard InChI is InChI=1S/C16H26N4O2/c1-15(2)7-10(8-16(3,4)20-15)17-14(21)13-11-9-22-6-5-12(11)18-19-13/h10,20H,5-9H2,1-4H3,(H,17,21)(H,18,19). The lowest BCUT2D eigenvalue weighted by Gasteiger charge is -2.46. The van der Waals surface area contributed by atoms with Crippen LogP contribution in [0.5, 0.6) is 0 Å². The van der Waals surface area contributed by atoms with Crippen molar-refractivity contribution in [2.24, 2.45) is 0 Å². The summed E-state index contributed by atoms with van der Waals surface area (Å²) in [5.41, 5.74) is 2.45. The van der Waals surface area contributed by atoms with Gasteiger partial charge in [0.2, 0.25) is 0 Å². The monoisotopic (exact) mass is 306 g/mol. The third-order valence-electron chi connectivity index (χ3n) is 4.44. The second-order valence-corrected chi connectivity index (χ2v) is 7.80. The number of carbonyl (C=O) groups excluding carboxylic acids is 1. The molecule has 0 radical (unpaired) electrons. The maximum absolute atomic E-state index is 12.6. The number of ether oxygens (including phenoxy) is 1. The van der Waals surface area contributed by atoms with Crippen molar-refractivity contribution in [3.05, 3.63) is 17.0 Å². The van der Waals surface area contributed by atoms with Crippen molar-refractivity contribution in [1.29, 1.82) is 0 Å². The Kier molecular flexibility index (Phi) is 3.77. The number of H-pyrrole nitrogens is 1. The van der Waals surface area contributed by atoms with Crippen LogP contribution in [0.3, 0.4) is 0 Å². The van der Waals surface area contributed by atoms with E-state index in [4.69, 9.17) is 4.74 Å². The van der Waals surface area contributed by atoms with E-state index >= 15 is 0 Å². The lowest BCUT2D eigenvalue weighted by Crippen LogP contribution is -2.62. The average molecular weight is 306 g/mol. The summed E-state index contributed by atoms with van der Waals surface area (Å²) in [6.45, 7) is 9.87. The number of hydrogen-bond acceptors (Lipinski definition) is 4. The summed E-state index contributed by atoms with van der Waals surface area (Å²) in [5, 5.41) is 14.0. The fraction of sp³-hybridized carbons (Fsp3) is 0.750. The van der Waals surface area contributed by atoms with Gasteiger partial charge in [0.05, 0.1) is 13.2 Å². The van der Waals surface area contributed by atoms with E-state index in [2.05, 4.69) is 48.5 Å². The lowest BCUT2D eigenvalue weighted by atomic mass is 9.79. The number of aromatic amines is 1. The first kappa shape index (κ1) is 15.5. The molecule has 2 aliphatic rings. The van der Waals surface area contributed by atoms with Gasteiger partial charge in [-0.25, -0.2) is 0 Å². The Morgan fingerprint density at radius 3 is 2.64 bits per heavy atom. The largest absolute Gasteiger partial charge is 0.376 e. The second-order valence-electron chi connectivity index (χ2n) is 7.80. The van der Waals surface area contributed by atoms with Crippen molar-refractivity contribution in [3.8, 4) is 0 Å². The fourth-order valence-corrected chi connectivity index (χ4v) is 3.98. The predicted molar refractivity (Wildman–Crippen MR) is 83.7 cm³/mol. The van der Waals surface area contributed by atoms with Gasteiger partial charge in [-0.05, 0) is 40.5 Å². The first-order valence-corrected chi connectivity index (χ1v) is 8.00. The van der Waals surface area contributed by atoms with E-state index in [1.54, 1.807) is 0 Å². The first-order chi connectivity index (χ1) is 10.3. The van der Waals surface area contributed by atoms with E-state index in [1.807, 2.05) is 0 Å². The molecule has 3 rings (SSSR count). The zero-order chi connectivity index (χ0) is 16.0. The number of piperidine rings is 1. The maximum atomic E-state index is 12.6. The number of aromatic nitrogens is 2. The molecule has 6 heteroatoms. The van der Waals surface area contributed by atoms with Gasteiger partial charge in [-0.2, -0.15) is 5.10 Å². The summed E-state index contributed by atoms with van der Waals surface area (Å²) >= 11 is 0. The second kappa shape index (κ2) is 5.35. The van der Waals surface area contributed by atoms with Gasteiger partial charge in [0.15, 0.2) is 5.69 Å².